The number of aromatic hydroxyl groups is 1. The third kappa shape index (κ3) is 5.57. The van der Waals surface area contributed by atoms with E-state index in [9.17, 15) is 19.8 Å². The van der Waals surface area contributed by atoms with Gasteiger partial charge in [-0.3, -0.25) is 4.79 Å². The summed E-state index contributed by atoms with van der Waals surface area (Å²) < 4.78 is 7.51. The van der Waals surface area contributed by atoms with E-state index in [1.54, 1.807) is 9.47 Å². The molecule has 0 unspecified atom stereocenters. The second-order valence-electron chi connectivity index (χ2n) is 7.54. The fraction of sp³-hybridized carbons (Fsp3) is 0.400. The molecule has 31 heavy (non-hydrogen) atoms. The smallest absolute Gasteiger partial charge is 0.451 e. The number of nitrogens with zero attached hydrogens (tertiary/aromatic N) is 2. The van der Waals surface area contributed by atoms with Gasteiger partial charge in [0, 0.05) is 12.4 Å². The zero-order chi connectivity index (χ0) is 22.5. The highest BCUT2D eigenvalue weighted by Crippen LogP contribution is 2.34. The number of hydrogen-bond donors (Lipinski definition) is 5. The van der Waals surface area contributed by atoms with Crippen LogP contribution >= 0.6 is 0 Å². The lowest BCUT2D eigenvalue weighted by Gasteiger charge is -2.39. The lowest BCUT2D eigenvalue weighted by atomic mass is 9.82. The van der Waals surface area contributed by atoms with Crippen molar-refractivity contribution in [2.24, 2.45) is 5.73 Å². The van der Waals surface area contributed by atoms with Gasteiger partial charge >= 0.3 is 13.1 Å². The molecular weight excluding hydrogens is 405 g/mol. The van der Waals surface area contributed by atoms with Crippen LogP contribution in [0.1, 0.15) is 21.5 Å². The van der Waals surface area contributed by atoms with E-state index in [0.717, 1.165) is 12.0 Å². The molecule has 1 aliphatic rings. The Kier molecular flexibility index (Phi) is 7.21. The zero-order valence-electron chi connectivity index (χ0n) is 17.0. The standard InChI is InChI=1S/C20H26BN3O7/c22-7-4-13-5-8-23(9-13)12-17(25)24-10-15(11-24)31-16-2-1-14(3-6-21(29)30)19(26)18(16)20(27)28/h1-2,5,8-9,15,26,29-30H,3-4,6-7,10-12,22H2,(H,27,28). The number of carbonyl (C=O) groups is 2. The molecular formula is C20H26BN3O7. The van der Waals surface area contributed by atoms with Crippen molar-refractivity contribution >= 4 is 19.0 Å². The minimum atomic E-state index is -1.55. The molecule has 0 radical (unpaired) electrons. The third-order valence-electron chi connectivity index (χ3n) is 5.17. The summed E-state index contributed by atoms with van der Waals surface area (Å²) in [7, 11) is -1.55. The molecule has 0 bridgehead atoms. The first-order valence-electron chi connectivity index (χ1n) is 10.0. The molecule has 3 rings (SSSR count). The predicted octanol–water partition coefficient (Wildman–Crippen LogP) is -0.302. The summed E-state index contributed by atoms with van der Waals surface area (Å²) >= 11 is 0. The van der Waals surface area contributed by atoms with Gasteiger partial charge in [-0.25, -0.2) is 4.79 Å². The number of benzene rings is 1. The number of likely N-dealkylation sites (tertiary alicyclic amines) is 1. The van der Waals surface area contributed by atoms with Crippen LogP contribution in [0.5, 0.6) is 11.5 Å². The maximum atomic E-state index is 12.4. The number of nitrogens with two attached hydrogens (primary N) is 1. The van der Waals surface area contributed by atoms with Crippen LogP contribution in [0.2, 0.25) is 6.32 Å². The first kappa shape index (κ1) is 22.7. The summed E-state index contributed by atoms with van der Waals surface area (Å²) in [5.41, 5.74) is 6.50. The van der Waals surface area contributed by atoms with Crippen LogP contribution in [0.25, 0.3) is 0 Å². The highest BCUT2D eigenvalue weighted by molar-refractivity contribution is 6.41. The Morgan fingerprint density at radius 3 is 2.58 bits per heavy atom. The Hall–Kier alpha value is -3.02. The van der Waals surface area contributed by atoms with Crippen LogP contribution in [-0.4, -0.2) is 74.5 Å². The van der Waals surface area contributed by atoms with Crippen molar-refractivity contribution in [3.05, 3.63) is 47.3 Å². The maximum Gasteiger partial charge on any atom is 0.451 e. The number of carbonyl (C=O) groups excluding carboxylic acids is 1. The zero-order valence-corrected chi connectivity index (χ0v) is 17.0. The molecule has 1 aromatic carbocycles. The van der Waals surface area contributed by atoms with Gasteiger partial charge in [0.25, 0.3) is 0 Å². The molecule has 1 aliphatic heterocycles. The summed E-state index contributed by atoms with van der Waals surface area (Å²) in [6.45, 7) is 1.37. The number of ether oxygens (including phenoxy) is 1. The highest BCUT2D eigenvalue weighted by atomic mass is 16.5. The Morgan fingerprint density at radius 2 is 1.94 bits per heavy atom. The Morgan fingerprint density at radius 1 is 1.19 bits per heavy atom. The molecule has 1 saturated heterocycles. The number of amides is 1. The molecule has 1 aromatic heterocycles. The van der Waals surface area contributed by atoms with Crippen molar-refractivity contribution in [3.8, 4) is 11.5 Å². The average molecular weight is 431 g/mol. The van der Waals surface area contributed by atoms with Crippen LogP contribution in [0.3, 0.4) is 0 Å². The maximum absolute atomic E-state index is 12.4. The fourth-order valence-electron chi connectivity index (χ4n) is 3.46. The predicted molar refractivity (Wildman–Crippen MR) is 112 cm³/mol. The number of phenols is 1. The van der Waals surface area contributed by atoms with E-state index in [0.29, 0.717) is 19.6 Å². The first-order chi connectivity index (χ1) is 14.8. The van der Waals surface area contributed by atoms with Crippen molar-refractivity contribution in [3.63, 3.8) is 0 Å². The van der Waals surface area contributed by atoms with Crippen LogP contribution < -0.4 is 10.5 Å². The number of aromatic carboxylic acids is 1. The van der Waals surface area contributed by atoms with E-state index in [4.69, 9.17) is 20.5 Å². The molecule has 0 atom stereocenters. The molecule has 1 amide bonds. The summed E-state index contributed by atoms with van der Waals surface area (Å²) in [6, 6.07) is 4.85. The van der Waals surface area contributed by atoms with E-state index in [-0.39, 0.29) is 48.2 Å². The quantitative estimate of drug-likeness (QED) is 0.321. The highest BCUT2D eigenvalue weighted by Gasteiger charge is 2.33. The van der Waals surface area contributed by atoms with Gasteiger partial charge in [-0.1, -0.05) is 6.07 Å². The third-order valence-corrected chi connectivity index (χ3v) is 5.17. The Bertz CT molecular complexity index is 941. The molecule has 11 heteroatoms. The van der Waals surface area contributed by atoms with Crippen molar-refractivity contribution in [1.82, 2.24) is 9.47 Å². The minimum absolute atomic E-state index is 0.00670. The number of hydrogen-bond acceptors (Lipinski definition) is 7. The summed E-state index contributed by atoms with van der Waals surface area (Å²) in [6.07, 6.45) is 4.14. The van der Waals surface area contributed by atoms with Crippen molar-refractivity contribution in [2.45, 2.75) is 31.8 Å². The monoisotopic (exact) mass is 431 g/mol. The number of carboxylic acids is 1. The lowest BCUT2D eigenvalue weighted by molar-refractivity contribution is -0.140. The fourth-order valence-corrected chi connectivity index (χ4v) is 3.46. The second-order valence-corrected chi connectivity index (χ2v) is 7.54. The van der Waals surface area contributed by atoms with E-state index in [1.807, 2.05) is 18.5 Å². The number of carboxylic acid groups (broad SMARTS) is 1. The number of aryl methyl sites for hydroxylation is 1. The molecule has 10 nitrogen and oxygen atoms in total. The molecule has 0 spiro atoms. The van der Waals surface area contributed by atoms with Gasteiger partial charge < -0.3 is 40.2 Å². The Balaban J connectivity index is 1.58. The number of rotatable bonds is 10. The molecule has 0 aliphatic carbocycles. The van der Waals surface area contributed by atoms with E-state index >= 15 is 0 Å². The van der Waals surface area contributed by atoms with Gasteiger partial charge in [0.05, 0.1) is 13.1 Å². The van der Waals surface area contributed by atoms with E-state index < -0.39 is 18.8 Å². The SMILES string of the molecule is NCCc1ccn(CC(=O)N2CC(Oc3ccc(CCB(O)O)c(O)c3C(=O)O)C2)c1. The van der Waals surface area contributed by atoms with E-state index in [2.05, 4.69) is 0 Å². The minimum Gasteiger partial charge on any atom is -0.507 e. The van der Waals surface area contributed by atoms with Crippen molar-refractivity contribution in [2.75, 3.05) is 19.6 Å². The Labute approximate surface area is 179 Å². The van der Waals surface area contributed by atoms with Crippen molar-refractivity contribution in [1.29, 1.82) is 0 Å². The van der Waals surface area contributed by atoms with Gasteiger partial charge in [-0.15, -0.1) is 0 Å². The van der Waals surface area contributed by atoms with Gasteiger partial charge in [0.15, 0.2) is 0 Å². The normalized spacial score (nSPS) is 13.7. The lowest BCUT2D eigenvalue weighted by Crippen LogP contribution is -2.57. The second kappa shape index (κ2) is 9.86. The van der Waals surface area contributed by atoms with Crippen LogP contribution in [0.4, 0.5) is 0 Å². The molecule has 2 aromatic rings. The van der Waals surface area contributed by atoms with Gasteiger partial charge in [-0.05, 0) is 49.0 Å². The van der Waals surface area contributed by atoms with Crippen LogP contribution in [0.15, 0.2) is 30.6 Å². The van der Waals surface area contributed by atoms with Crippen molar-refractivity contribution < 1.29 is 34.6 Å². The van der Waals surface area contributed by atoms with Gasteiger partial charge in [-0.2, -0.15) is 0 Å². The summed E-state index contributed by atoms with van der Waals surface area (Å²) in [4.78, 5) is 25.7. The van der Waals surface area contributed by atoms with Crippen LogP contribution in [0, 0.1) is 0 Å². The molecule has 1 fully saturated rings. The van der Waals surface area contributed by atoms with Gasteiger partial charge in [0.2, 0.25) is 5.91 Å². The largest absolute Gasteiger partial charge is 0.507 e. The summed E-state index contributed by atoms with van der Waals surface area (Å²) in [5, 5.41) is 37.7. The average Bonchev–Trinajstić information content (AvgIpc) is 3.10. The molecule has 6 N–H and O–H groups in total. The summed E-state index contributed by atoms with van der Waals surface area (Å²) in [5.74, 6) is -1.88. The van der Waals surface area contributed by atoms with Gasteiger partial charge in [0.1, 0.15) is 29.7 Å². The first-order valence-corrected chi connectivity index (χ1v) is 10.0. The molecule has 0 saturated carbocycles. The molecule has 166 valence electrons. The van der Waals surface area contributed by atoms with Crippen LogP contribution in [-0.2, 0) is 24.2 Å². The van der Waals surface area contributed by atoms with E-state index in [1.165, 1.54) is 12.1 Å². The molecule has 2 heterocycles. The number of aromatic nitrogens is 1. The topological polar surface area (TPSA) is 158 Å².